The highest BCUT2D eigenvalue weighted by molar-refractivity contribution is 7.98. The molecule has 3 heterocycles. The van der Waals surface area contributed by atoms with Gasteiger partial charge in [-0.2, -0.15) is 10.2 Å². The Kier molecular flexibility index (Phi) is 4.95. The van der Waals surface area contributed by atoms with Gasteiger partial charge in [0.05, 0.1) is 19.5 Å². The van der Waals surface area contributed by atoms with Crippen molar-refractivity contribution < 1.29 is 4.74 Å². The standard InChI is InChI=1S/C20H22N6OS/c1-5-15-17(27-3)8-14(9-18(15)28-4)23-19-6-7-26-20(24-19)16(11-22-26)13-10-21-25(2)12-13/h6-12H,5H2,1-4H3,(H,23,24). The molecule has 0 radical (unpaired) electrons. The van der Waals surface area contributed by atoms with Crippen LogP contribution in [0.25, 0.3) is 16.8 Å². The van der Waals surface area contributed by atoms with Crippen molar-refractivity contribution in [3.8, 4) is 16.9 Å². The lowest BCUT2D eigenvalue weighted by Crippen LogP contribution is -2.00. The third-order valence-corrected chi connectivity index (χ3v) is 5.42. The molecule has 0 amide bonds. The minimum Gasteiger partial charge on any atom is -0.496 e. The normalized spacial score (nSPS) is 11.1. The molecule has 0 fully saturated rings. The monoisotopic (exact) mass is 394 g/mol. The van der Waals surface area contributed by atoms with E-state index in [2.05, 4.69) is 34.8 Å². The van der Waals surface area contributed by atoms with Crippen molar-refractivity contribution in [3.63, 3.8) is 0 Å². The molecule has 8 heteroatoms. The number of benzene rings is 1. The van der Waals surface area contributed by atoms with Crippen LogP contribution >= 0.6 is 11.8 Å². The van der Waals surface area contributed by atoms with Gasteiger partial charge >= 0.3 is 0 Å². The van der Waals surface area contributed by atoms with Crippen LogP contribution in [0.1, 0.15) is 12.5 Å². The van der Waals surface area contributed by atoms with Crippen LogP contribution < -0.4 is 10.1 Å². The number of thioether (sulfide) groups is 1. The number of rotatable bonds is 6. The summed E-state index contributed by atoms with van der Waals surface area (Å²) < 4.78 is 9.13. The van der Waals surface area contributed by atoms with Crippen LogP contribution in [-0.2, 0) is 13.5 Å². The summed E-state index contributed by atoms with van der Waals surface area (Å²) in [6.07, 6.45) is 10.5. The average molecular weight is 395 g/mol. The summed E-state index contributed by atoms with van der Waals surface area (Å²) >= 11 is 1.72. The Morgan fingerprint density at radius 2 is 2.07 bits per heavy atom. The van der Waals surface area contributed by atoms with Crippen LogP contribution in [0.2, 0.25) is 0 Å². The van der Waals surface area contributed by atoms with Crippen molar-refractivity contribution in [2.45, 2.75) is 18.2 Å². The number of anilines is 2. The second kappa shape index (κ2) is 7.55. The minimum absolute atomic E-state index is 0.747. The fraction of sp³-hybridized carbons (Fsp3) is 0.250. The van der Waals surface area contributed by atoms with Crippen LogP contribution in [0, 0.1) is 0 Å². The van der Waals surface area contributed by atoms with Crippen molar-refractivity contribution in [2.24, 2.45) is 7.05 Å². The van der Waals surface area contributed by atoms with E-state index >= 15 is 0 Å². The van der Waals surface area contributed by atoms with Crippen LogP contribution in [0.15, 0.2) is 47.9 Å². The number of aromatic nitrogens is 5. The Balaban J connectivity index is 1.72. The molecule has 0 spiro atoms. The number of fused-ring (bicyclic) bond motifs is 1. The summed E-state index contributed by atoms with van der Waals surface area (Å²) in [5.41, 5.74) is 4.87. The largest absolute Gasteiger partial charge is 0.496 e. The van der Waals surface area contributed by atoms with E-state index in [0.29, 0.717) is 0 Å². The highest BCUT2D eigenvalue weighted by Gasteiger charge is 2.13. The first kappa shape index (κ1) is 18.4. The molecule has 4 aromatic rings. The molecule has 1 aromatic carbocycles. The quantitative estimate of drug-likeness (QED) is 0.495. The molecule has 0 aliphatic carbocycles. The smallest absolute Gasteiger partial charge is 0.165 e. The van der Waals surface area contributed by atoms with Crippen molar-refractivity contribution in [3.05, 3.63) is 48.5 Å². The molecule has 0 saturated heterocycles. The maximum Gasteiger partial charge on any atom is 0.165 e. The first-order valence-corrected chi connectivity index (χ1v) is 10.2. The van der Waals surface area contributed by atoms with Gasteiger partial charge in [-0.25, -0.2) is 9.50 Å². The van der Waals surface area contributed by atoms with E-state index in [-0.39, 0.29) is 0 Å². The van der Waals surface area contributed by atoms with Crippen molar-refractivity contribution in [1.82, 2.24) is 24.4 Å². The van der Waals surface area contributed by atoms with Gasteiger partial charge in [0.2, 0.25) is 0 Å². The summed E-state index contributed by atoms with van der Waals surface area (Å²) in [5.74, 6) is 1.63. The van der Waals surface area contributed by atoms with E-state index in [4.69, 9.17) is 9.72 Å². The molecule has 7 nitrogen and oxygen atoms in total. The Morgan fingerprint density at radius 3 is 2.75 bits per heavy atom. The average Bonchev–Trinajstić information content (AvgIpc) is 3.32. The summed E-state index contributed by atoms with van der Waals surface area (Å²) in [4.78, 5) is 5.97. The second-order valence-electron chi connectivity index (χ2n) is 6.38. The van der Waals surface area contributed by atoms with Gasteiger partial charge in [0.15, 0.2) is 5.65 Å². The Labute approximate surface area is 167 Å². The van der Waals surface area contributed by atoms with E-state index in [1.165, 1.54) is 10.5 Å². The lowest BCUT2D eigenvalue weighted by molar-refractivity contribution is 0.409. The molecule has 1 N–H and O–H groups in total. The number of methoxy groups -OCH3 is 1. The summed E-state index contributed by atoms with van der Waals surface area (Å²) in [6, 6.07) is 6.06. The molecule has 3 aromatic heterocycles. The first-order valence-electron chi connectivity index (χ1n) is 8.98. The summed E-state index contributed by atoms with van der Waals surface area (Å²) in [6.45, 7) is 2.14. The molecule has 0 aliphatic heterocycles. The van der Waals surface area contributed by atoms with E-state index < -0.39 is 0 Å². The van der Waals surface area contributed by atoms with Gasteiger partial charge in [0, 0.05) is 52.8 Å². The Hall–Kier alpha value is -3.00. The van der Waals surface area contributed by atoms with E-state index in [9.17, 15) is 0 Å². The molecule has 28 heavy (non-hydrogen) atoms. The second-order valence-corrected chi connectivity index (χ2v) is 7.23. The lowest BCUT2D eigenvalue weighted by atomic mass is 10.1. The minimum atomic E-state index is 0.747. The van der Waals surface area contributed by atoms with Gasteiger partial charge in [-0.05, 0) is 24.8 Å². The van der Waals surface area contributed by atoms with E-state index in [1.54, 1.807) is 28.1 Å². The van der Waals surface area contributed by atoms with E-state index in [1.807, 2.05) is 44.0 Å². The summed E-state index contributed by atoms with van der Waals surface area (Å²) in [7, 11) is 3.60. The molecule has 0 saturated carbocycles. The van der Waals surface area contributed by atoms with Gasteiger partial charge in [-0.15, -0.1) is 11.8 Å². The fourth-order valence-corrected chi connectivity index (χ4v) is 3.99. The van der Waals surface area contributed by atoms with Gasteiger partial charge in [-0.3, -0.25) is 4.68 Å². The predicted molar refractivity (Wildman–Crippen MR) is 113 cm³/mol. The molecular formula is C20H22N6OS. The number of nitrogens with zero attached hydrogens (tertiary/aromatic N) is 5. The van der Waals surface area contributed by atoms with Crippen LogP contribution in [0.5, 0.6) is 5.75 Å². The fourth-order valence-electron chi connectivity index (χ4n) is 3.25. The Bertz CT molecular complexity index is 1110. The zero-order chi connectivity index (χ0) is 19.7. The lowest BCUT2D eigenvalue weighted by Gasteiger charge is -2.15. The van der Waals surface area contributed by atoms with E-state index in [0.717, 1.165) is 40.4 Å². The topological polar surface area (TPSA) is 69.3 Å². The molecule has 144 valence electrons. The third kappa shape index (κ3) is 3.31. The molecule has 0 bridgehead atoms. The third-order valence-electron chi connectivity index (χ3n) is 4.62. The van der Waals surface area contributed by atoms with Crippen LogP contribution in [0.4, 0.5) is 11.5 Å². The summed E-state index contributed by atoms with van der Waals surface area (Å²) in [5, 5.41) is 12.0. The highest BCUT2D eigenvalue weighted by atomic mass is 32.2. The SMILES string of the molecule is CCc1c(OC)cc(Nc2ccn3ncc(-c4cnn(C)c4)c3n2)cc1SC. The number of nitrogens with one attached hydrogen (secondary N) is 1. The van der Waals surface area contributed by atoms with Gasteiger partial charge in [-0.1, -0.05) is 6.92 Å². The number of hydrogen-bond acceptors (Lipinski definition) is 6. The van der Waals surface area contributed by atoms with Gasteiger partial charge in [0.25, 0.3) is 0 Å². The van der Waals surface area contributed by atoms with Crippen molar-refractivity contribution >= 4 is 28.9 Å². The van der Waals surface area contributed by atoms with Crippen LogP contribution in [0.3, 0.4) is 0 Å². The highest BCUT2D eigenvalue weighted by Crippen LogP contribution is 2.34. The zero-order valence-electron chi connectivity index (χ0n) is 16.3. The van der Waals surface area contributed by atoms with Crippen molar-refractivity contribution in [2.75, 3.05) is 18.7 Å². The zero-order valence-corrected chi connectivity index (χ0v) is 17.1. The molecule has 0 aliphatic rings. The van der Waals surface area contributed by atoms with Gasteiger partial charge < -0.3 is 10.1 Å². The molecule has 4 rings (SSSR count). The molecule has 0 atom stereocenters. The number of ether oxygens (including phenoxy) is 1. The first-order chi connectivity index (χ1) is 13.6. The number of aryl methyl sites for hydroxylation is 1. The maximum atomic E-state index is 5.60. The predicted octanol–water partition coefficient (Wildman–Crippen LogP) is 4.17. The van der Waals surface area contributed by atoms with Gasteiger partial charge in [0.1, 0.15) is 11.6 Å². The maximum absolute atomic E-state index is 5.60. The van der Waals surface area contributed by atoms with Crippen molar-refractivity contribution in [1.29, 1.82) is 0 Å². The Morgan fingerprint density at radius 1 is 1.21 bits per heavy atom. The van der Waals surface area contributed by atoms with Crippen LogP contribution in [-0.4, -0.2) is 37.7 Å². The number of hydrogen-bond donors (Lipinski definition) is 1. The molecule has 0 unspecified atom stereocenters. The molecular weight excluding hydrogens is 372 g/mol.